The lowest BCUT2D eigenvalue weighted by molar-refractivity contribution is 0.669. The number of benzene rings is 9. The molecule has 2 aromatic heterocycles. The molecule has 0 amide bonds. The van der Waals surface area contributed by atoms with Crippen molar-refractivity contribution in [3.63, 3.8) is 0 Å². The summed E-state index contributed by atoms with van der Waals surface area (Å²) in [5.74, 6) is 0. The highest BCUT2D eigenvalue weighted by atomic mass is 16.3. The van der Waals surface area contributed by atoms with Crippen LogP contribution in [-0.2, 0) is 0 Å². The van der Waals surface area contributed by atoms with E-state index in [9.17, 15) is 0 Å². The summed E-state index contributed by atoms with van der Waals surface area (Å²) in [7, 11) is 0. The summed E-state index contributed by atoms with van der Waals surface area (Å²) in [5.41, 5.74) is 10.8. The molecule has 0 fully saturated rings. The largest absolute Gasteiger partial charge is 0.456 e. The van der Waals surface area contributed by atoms with Crippen LogP contribution in [0.2, 0.25) is 0 Å². The van der Waals surface area contributed by atoms with Gasteiger partial charge in [-0.3, -0.25) is 0 Å². The minimum Gasteiger partial charge on any atom is -0.456 e. The highest BCUT2D eigenvalue weighted by Crippen LogP contribution is 2.47. The Hall–Kier alpha value is -7.10. The molecule has 0 aliphatic heterocycles. The molecule has 248 valence electrons. The van der Waals surface area contributed by atoms with Crippen LogP contribution < -0.4 is 4.90 Å². The highest BCUT2D eigenvalue weighted by Gasteiger charge is 2.23. The number of furan rings is 1. The van der Waals surface area contributed by atoms with Gasteiger partial charge in [0.05, 0.1) is 16.7 Å². The third-order valence-corrected chi connectivity index (χ3v) is 10.7. The molecule has 11 rings (SSSR count). The van der Waals surface area contributed by atoms with Crippen molar-refractivity contribution in [3.8, 4) is 16.8 Å². The first kappa shape index (κ1) is 29.6. The number of anilines is 3. The fourth-order valence-corrected chi connectivity index (χ4v) is 8.38. The number of rotatable bonds is 5. The first-order chi connectivity index (χ1) is 26.3. The van der Waals surface area contributed by atoms with E-state index in [-0.39, 0.29) is 0 Å². The van der Waals surface area contributed by atoms with Crippen molar-refractivity contribution in [3.05, 3.63) is 194 Å². The maximum absolute atomic E-state index is 6.64. The van der Waals surface area contributed by atoms with Crippen molar-refractivity contribution in [1.82, 2.24) is 4.57 Å². The van der Waals surface area contributed by atoms with Gasteiger partial charge in [-0.1, -0.05) is 133 Å². The predicted molar refractivity (Wildman–Crippen MR) is 223 cm³/mol. The lowest BCUT2D eigenvalue weighted by Crippen LogP contribution is -2.10. The summed E-state index contributed by atoms with van der Waals surface area (Å²) in [6.45, 7) is 0. The van der Waals surface area contributed by atoms with Crippen molar-refractivity contribution >= 4 is 82.4 Å². The zero-order chi connectivity index (χ0) is 34.9. The van der Waals surface area contributed by atoms with Crippen molar-refractivity contribution in [2.24, 2.45) is 0 Å². The van der Waals surface area contributed by atoms with E-state index in [2.05, 4.69) is 204 Å². The maximum Gasteiger partial charge on any atom is 0.137 e. The number of fused-ring (bicyclic) bond motifs is 10. The molecule has 0 atom stereocenters. The summed E-state index contributed by atoms with van der Waals surface area (Å²) in [5, 5.41) is 9.54. The van der Waals surface area contributed by atoms with E-state index < -0.39 is 0 Å². The minimum atomic E-state index is 0.865. The van der Waals surface area contributed by atoms with Crippen LogP contribution in [0.15, 0.2) is 199 Å². The first-order valence-corrected chi connectivity index (χ1v) is 18.1. The molecule has 0 spiro atoms. The lowest BCUT2D eigenvalue weighted by Gasteiger charge is -2.27. The molecule has 0 saturated carbocycles. The smallest absolute Gasteiger partial charge is 0.137 e. The monoisotopic (exact) mass is 676 g/mol. The molecule has 11 aromatic rings. The molecule has 53 heavy (non-hydrogen) atoms. The van der Waals surface area contributed by atoms with Gasteiger partial charge in [-0.05, 0) is 81.9 Å². The molecule has 0 saturated heterocycles. The second-order valence-electron chi connectivity index (χ2n) is 13.7. The molecule has 9 aromatic carbocycles. The third-order valence-electron chi connectivity index (χ3n) is 10.7. The van der Waals surface area contributed by atoms with Gasteiger partial charge in [-0.15, -0.1) is 0 Å². The topological polar surface area (TPSA) is 21.3 Å². The fraction of sp³-hybridized carbons (Fsp3) is 0. The highest BCUT2D eigenvalue weighted by molar-refractivity contribution is 6.23. The van der Waals surface area contributed by atoms with Gasteiger partial charge in [-0.25, -0.2) is 0 Å². The number of para-hydroxylation sites is 1. The van der Waals surface area contributed by atoms with Crippen LogP contribution in [-0.4, -0.2) is 4.57 Å². The molecule has 0 radical (unpaired) electrons. The SMILES string of the molecule is c1ccc(-c2ccc(N(c3ccc4c(c3)oc3ccc5ccccc5c34)c3cccc4c3c3ccc5ccccc5c3n4-c3ccccc3)cc2)cc1. The average molecular weight is 677 g/mol. The normalized spacial score (nSPS) is 11.8. The molecule has 0 bridgehead atoms. The number of nitrogens with zero attached hydrogens (tertiary/aromatic N) is 2. The van der Waals surface area contributed by atoms with Gasteiger partial charge in [0.25, 0.3) is 0 Å². The predicted octanol–water partition coefficient (Wildman–Crippen LogP) is 14.1. The van der Waals surface area contributed by atoms with Crippen LogP contribution in [0.25, 0.3) is 82.1 Å². The standard InChI is InChI=1S/C50H32N2O/c1-3-12-33(13-4-1)34-22-26-38(27-23-34)51(39-28-30-42-47(32-39)53-46-31-25-35-14-7-9-18-40(35)48(42)46)44-20-11-21-45-49(44)43-29-24-36-15-8-10-19-41(36)50(43)52(45)37-16-5-2-6-17-37/h1-32H. The molecule has 0 N–H and O–H groups in total. The van der Waals surface area contributed by atoms with E-state index in [1.54, 1.807) is 0 Å². The Kier molecular flexibility index (Phi) is 6.55. The molecule has 3 heteroatoms. The lowest BCUT2D eigenvalue weighted by atomic mass is 10.0. The van der Waals surface area contributed by atoms with Gasteiger partial charge >= 0.3 is 0 Å². The first-order valence-electron chi connectivity index (χ1n) is 18.1. The summed E-state index contributed by atoms with van der Waals surface area (Å²) in [4.78, 5) is 2.39. The molecule has 0 aliphatic carbocycles. The van der Waals surface area contributed by atoms with Crippen molar-refractivity contribution in [2.45, 2.75) is 0 Å². The Morgan fingerprint density at radius 3 is 1.85 bits per heavy atom. The van der Waals surface area contributed by atoms with Gasteiger partial charge in [0.2, 0.25) is 0 Å². The van der Waals surface area contributed by atoms with Crippen LogP contribution >= 0.6 is 0 Å². The Morgan fingerprint density at radius 2 is 1.04 bits per heavy atom. The van der Waals surface area contributed by atoms with Crippen molar-refractivity contribution in [1.29, 1.82) is 0 Å². The van der Waals surface area contributed by atoms with Crippen LogP contribution in [0.1, 0.15) is 0 Å². The van der Waals surface area contributed by atoms with Crippen LogP contribution in [0.3, 0.4) is 0 Å². The Bertz CT molecular complexity index is 3160. The summed E-state index contributed by atoms with van der Waals surface area (Å²) in [6, 6.07) is 69.7. The van der Waals surface area contributed by atoms with Gasteiger partial charge < -0.3 is 13.9 Å². The summed E-state index contributed by atoms with van der Waals surface area (Å²) in [6.07, 6.45) is 0. The molecular weight excluding hydrogens is 645 g/mol. The van der Waals surface area contributed by atoms with Crippen molar-refractivity contribution < 1.29 is 4.42 Å². The van der Waals surface area contributed by atoms with Crippen LogP contribution in [0.5, 0.6) is 0 Å². The molecule has 0 unspecified atom stereocenters. The van der Waals surface area contributed by atoms with Gasteiger partial charge in [-0.2, -0.15) is 0 Å². The molecule has 3 nitrogen and oxygen atoms in total. The zero-order valence-electron chi connectivity index (χ0n) is 28.8. The second kappa shape index (κ2) is 11.7. The molecule has 2 heterocycles. The van der Waals surface area contributed by atoms with E-state index in [1.165, 1.54) is 49.0 Å². The Labute approximate surface area is 306 Å². The van der Waals surface area contributed by atoms with Crippen LogP contribution in [0, 0.1) is 0 Å². The summed E-state index contributed by atoms with van der Waals surface area (Å²) < 4.78 is 9.07. The Morgan fingerprint density at radius 1 is 0.396 bits per heavy atom. The van der Waals surface area contributed by atoms with Gasteiger partial charge in [0, 0.05) is 50.1 Å². The summed E-state index contributed by atoms with van der Waals surface area (Å²) >= 11 is 0. The molecular formula is C50H32N2O. The zero-order valence-corrected chi connectivity index (χ0v) is 28.8. The number of hydrogen-bond acceptors (Lipinski definition) is 2. The maximum atomic E-state index is 6.64. The fourth-order valence-electron chi connectivity index (χ4n) is 8.38. The van der Waals surface area contributed by atoms with E-state index in [0.29, 0.717) is 0 Å². The number of aromatic nitrogens is 1. The van der Waals surface area contributed by atoms with E-state index in [0.717, 1.165) is 50.2 Å². The van der Waals surface area contributed by atoms with Gasteiger partial charge in [0.1, 0.15) is 11.2 Å². The van der Waals surface area contributed by atoms with Crippen molar-refractivity contribution in [2.75, 3.05) is 4.90 Å². The number of hydrogen-bond donors (Lipinski definition) is 0. The van der Waals surface area contributed by atoms with Crippen LogP contribution in [0.4, 0.5) is 17.1 Å². The van der Waals surface area contributed by atoms with Gasteiger partial charge in [0.15, 0.2) is 0 Å². The van der Waals surface area contributed by atoms with E-state index in [4.69, 9.17) is 4.42 Å². The third kappa shape index (κ3) is 4.61. The molecule has 0 aliphatic rings. The average Bonchev–Trinajstić information content (AvgIpc) is 3.78. The second-order valence-corrected chi connectivity index (χ2v) is 13.7. The Balaban J connectivity index is 1.20. The van der Waals surface area contributed by atoms with E-state index >= 15 is 0 Å². The van der Waals surface area contributed by atoms with E-state index in [1.807, 2.05) is 0 Å². The minimum absolute atomic E-state index is 0.865. The quantitative estimate of drug-likeness (QED) is 0.181.